The molecule has 1 atom stereocenters. The Hall–Kier alpha value is -1.98. The molecule has 0 aliphatic heterocycles. The number of pyridine rings is 1. The zero-order valence-corrected chi connectivity index (χ0v) is 17.4. The zero-order chi connectivity index (χ0) is 21.0. The molecule has 0 spiro atoms. The van der Waals surface area contributed by atoms with Gasteiger partial charge in [0.05, 0.1) is 11.1 Å². The molecule has 0 aliphatic rings. The summed E-state index contributed by atoms with van der Waals surface area (Å²) < 4.78 is 65.1. The highest BCUT2D eigenvalue weighted by Crippen LogP contribution is 2.35. The summed E-state index contributed by atoms with van der Waals surface area (Å²) in [7, 11) is -0.876. The number of hydrogen-bond acceptors (Lipinski definition) is 3. The van der Waals surface area contributed by atoms with Gasteiger partial charge in [0.15, 0.2) is 0 Å². The monoisotopic (exact) mass is 478 g/mol. The number of aromatic nitrogens is 3. The van der Waals surface area contributed by atoms with Gasteiger partial charge in [-0.15, -0.1) is 0 Å². The van der Waals surface area contributed by atoms with E-state index in [1.807, 2.05) is 0 Å². The lowest BCUT2D eigenvalue weighted by Gasteiger charge is -2.11. The first-order valence-electron chi connectivity index (χ1n) is 8.06. The summed E-state index contributed by atoms with van der Waals surface area (Å²) in [4.78, 5) is 16.8. The second kappa shape index (κ2) is 6.82. The van der Waals surface area contributed by atoms with Crippen LogP contribution in [-0.4, -0.2) is 24.4 Å². The van der Waals surface area contributed by atoms with Gasteiger partial charge in [0, 0.05) is 24.6 Å². The highest BCUT2D eigenvalue weighted by molar-refractivity contribution is 9.10. The summed E-state index contributed by atoms with van der Waals surface area (Å²) in [6, 6.07) is 5.44. The van der Waals surface area contributed by atoms with Gasteiger partial charge in [-0.25, -0.2) is 4.98 Å². The fourth-order valence-corrected chi connectivity index (χ4v) is 4.62. The topological polar surface area (TPSA) is 77.1 Å². The predicted molar refractivity (Wildman–Crippen MR) is 104 cm³/mol. The van der Waals surface area contributed by atoms with Crippen LogP contribution in [0.1, 0.15) is 12.6 Å². The number of nitrogens with zero attached hydrogens (tertiary/aromatic N) is 3. The summed E-state index contributed by atoms with van der Waals surface area (Å²) in [5.74, 6) is 0.0737. The van der Waals surface area contributed by atoms with Gasteiger partial charge in [0.25, 0.3) is 5.56 Å². The molecular weight excluding hydrogens is 463 g/mol. The third-order valence-electron chi connectivity index (χ3n) is 4.47. The van der Waals surface area contributed by atoms with Crippen LogP contribution in [0.5, 0.6) is 0 Å². The molecule has 0 saturated heterocycles. The molecule has 2 aromatic heterocycles. The fourth-order valence-electron chi connectivity index (χ4n) is 2.98. The first-order chi connectivity index (χ1) is 12.9. The second-order valence-corrected chi connectivity index (χ2v) is 9.40. The van der Waals surface area contributed by atoms with E-state index in [0.717, 1.165) is 13.1 Å². The van der Waals surface area contributed by atoms with Crippen molar-refractivity contribution in [2.75, 3.05) is 5.75 Å². The molecule has 1 aromatic carbocycles. The molecule has 3 rings (SSSR count). The Bertz CT molecular complexity index is 1200. The number of aryl methyl sites for hydroxylation is 1. The Morgan fingerprint density at radius 2 is 1.86 bits per heavy atom. The number of rotatable bonds is 3. The third-order valence-corrected chi connectivity index (χ3v) is 6.77. The SMILES string of the molecule is CC[S+](=O)(O)c1cc(Br)ccc1-c1nc2cc(C(F)(F)F)n(C)c(=O)c2n1C. The molecular formula is C17H16BrF3N3O3S+. The molecule has 0 fully saturated rings. The van der Waals surface area contributed by atoms with Crippen LogP contribution in [0.25, 0.3) is 22.4 Å². The lowest BCUT2D eigenvalue weighted by Crippen LogP contribution is -2.26. The minimum atomic E-state index is -4.72. The van der Waals surface area contributed by atoms with Crippen LogP contribution in [0.15, 0.2) is 38.4 Å². The van der Waals surface area contributed by atoms with Crippen molar-refractivity contribution in [3.8, 4) is 11.4 Å². The molecule has 0 bridgehead atoms. The molecule has 28 heavy (non-hydrogen) atoms. The normalized spacial score (nSPS) is 14.4. The van der Waals surface area contributed by atoms with Crippen molar-refractivity contribution in [1.29, 1.82) is 0 Å². The van der Waals surface area contributed by atoms with Gasteiger partial charge in [-0.05, 0) is 25.1 Å². The lowest BCUT2D eigenvalue weighted by atomic mass is 10.2. The van der Waals surface area contributed by atoms with Crippen LogP contribution in [0.4, 0.5) is 13.2 Å². The van der Waals surface area contributed by atoms with Crippen LogP contribution in [0.2, 0.25) is 0 Å². The maximum absolute atomic E-state index is 13.2. The van der Waals surface area contributed by atoms with E-state index in [-0.39, 0.29) is 33.1 Å². The number of fused-ring (bicyclic) bond motifs is 1. The molecule has 150 valence electrons. The van der Waals surface area contributed by atoms with E-state index < -0.39 is 27.6 Å². The number of alkyl halides is 3. The van der Waals surface area contributed by atoms with E-state index in [1.54, 1.807) is 19.1 Å². The summed E-state index contributed by atoms with van der Waals surface area (Å²) >= 11 is 3.25. The third kappa shape index (κ3) is 3.31. The van der Waals surface area contributed by atoms with E-state index in [9.17, 15) is 26.7 Å². The number of benzene rings is 1. The van der Waals surface area contributed by atoms with E-state index in [1.165, 1.54) is 17.7 Å². The van der Waals surface area contributed by atoms with Gasteiger partial charge in [-0.2, -0.15) is 17.7 Å². The average molecular weight is 479 g/mol. The zero-order valence-electron chi connectivity index (χ0n) is 15.0. The van der Waals surface area contributed by atoms with Gasteiger partial charge >= 0.3 is 6.18 Å². The molecule has 1 unspecified atom stereocenters. The molecule has 1 N–H and O–H groups in total. The summed E-state index contributed by atoms with van der Waals surface area (Å²) in [5, 5.41) is 0. The number of imidazole rings is 1. The van der Waals surface area contributed by atoms with E-state index in [2.05, 4.69) is 20.9 Å². The minimum absolute atomic E-state index is 0.0275. The Morgan fingerprint density at radius 3 is 2.43 bits per heavy atom. The van der Waals surface area contributed by atoms with Crippen LogP contribution in [-0.2, 0) is 34.7 Å². The Kier molecular flexibility index (Phi) is 5.05. The lowest BCUT2D eigenvalue weighted by molar-refractivity contribution is -0.143. The molecule has 6 nitrogen and oxygen atoms in total. The average Bonchev–Trinajstić information content (AvgIpc) is 2.93. The van der Waals surface area contributed by atoms with Crippen LogP contribution in [0, 0.1) is 0 Å². The maximum atomic E-state index is 13.2. The van der Waals surface area contributed by atoms with Crippen LogP contribution >= 0.6 is 15.9 Å². The van der Waals surface area contributed by atoms with E-state index in [0.29, 0.717) is 9.04 Å². The highest BCUT2D eigenvalue weighted by atomic mass is 79.9. The molecule has 0 saturated carbocycles. The van der Waals surface area contributed by atoms with Crippen LogP contribution in [0.3, 0.4) is 0 Å². The molecule has 0 aliphatic carbocycles. The summed E-state index contributed by atoms with van der Waals surface area (Å²) in [6.07, 6.45) is -4.72. The van der Waals surface area contributed by atoms with Gasteiger partial charge in [-0.1, -0.05) is 20.1 Å². The molecule has 3 aromatic rings. The van der Waals surface area contributed by atoms with Crippen molar-refractivity contribution in [3.05, 3.63) is 44.8 Å². The van der Waals surface area contributed by atoms with Gasteiger partial charge in [-0.3, -0.25) is 4.79 Å². The second-order valence-electron chi connectivity index (χ2n) is 6.19. The van der Waals surface area contributed by atoms with Crippen molar-refractivity contribution >= 4 is 37.2 Å². The van der Waals surface area contributed by atoms with E-state index >= 15 is 0 Å². The molecule has 11 heteroatoms. The Labute approximate surface area is 167 Å². The van der Waals surface area contributed by atoms with Crippen LogP contribution < -0.4 is 5.56 Å². The van der Waals surface area contributed by atoms with E-state index in [4.69, 9.17) is 0 Å². The van der Waals surface area contributed by atoms with Crippen molar-refractivity contribution in [3.63, 3.8) is 0 Å². The Balaban J connectivity index is 2.39. The first kappa shape index (κ1) is 20.7. The predicted octanol–water partition coefficient (Wildman–Crippen LogP) is 4.07. The largest absolute Gasteiger partial charge is 0.431 e. The first-order valence-corrected chi connectivity index (χ1v) is 10.5. The van der Waals surface area contributed by atoms with Gasteiger partial charge in [0.2, 0.25) is 15.1 Å². The number of halogens is 4. The fraction of sp³-hybridized carbons (Fsp3) is 0.294. The van der Waals surface area contributed by atoms with Crippen molar-refractivity contribution in [2.45, 2.75) is 18.0 Å². The summed E-state index contributed by atoms with van der Waals surface area (Å²) in [6.45, 7) is 1.55. The van der Waals surface area contributed by atoms with Crippen molar-refractivity contribution in [2.24, 2.45) is 14.1 Å². The smallest absolute Gasteiger partial charge is 0.322 e. The minimum Gasteiger partial charge on any atom is -0.322 e. The molecule has 2 heterocycles. The number of hydrogen-bond donors (Lipinski definition) is 1. The van der Waals surface area contributed by atoms with Crippen molar-refractivity contribution in [1.82, 2.24) is 14.1 Å². The highest BCUT2D eigenvalue weighted by Gasteiger charge is 2.36. The standard InChI is InChI=1S/C17H15BrF3N3O3S/c1-4-28(26,27)12-7-9(18)5-6-10(12)15-22-11-8-13(17(19,20)21)23(2)16(25)14(11)24(15)3/h5-8H,4H2,1-3H3/p+1. The molecule has 0 radical (unpaired) electrons. The molecule has 0 amide bonds. The van der Waals surface area contributed by atoms with Gasteiger partial charge in [0.1, 0.15) is 22.8 Å². The van der Waals surface area contributed by atoms with Gasteiger partial charge < -0.3 is 9.13 Å². The quantitative estimate of drug-likeness (QED) is 0.575. The summed E-state index contributed by atoms with van der Waals surface area (Å²) in [5.41, 5.74) is -1.87. The van der Waals surface area contributed by atoms with Crippen molar-refractivity contribution < 1.29 is 21.9 Å². The maximum Gasteiger partial charge on any atom is 0.431 e. The Morgan fingerprint density at radius 1 is 1.21 bits per heavy atom.